The third kappa shape index (κ3) is 4.30. The fourth-order valence-corrected chi connectivity index (χ4v) is 2.59. The zero-order chi connectivity index (χ0) is 16.8. The van der Waals surface area contributed by atoms with E-state index in [0.717, 1.165) is 0 Å². The van der Waals surface area contributed by atoms with Gasteiger partial charge in [0.2, 0.25) is 0 Å². The maximum atomic E-state index is 12.3. The van der Waals surface area contributed by atoms with E-state index < -0.39 is 6.10 Å². The van der Waals surface area contributed by atoms with E-state index in [-0.39, 0.29) is 30.9 Å². The van der Waals surface area contributed by atoms with Gasteiger partial charge in [0.25, 0.3) is 5.91 Å². The second-order valence-corrected chi connectivity index (χ2v) is 5.44. The molecule has 2 unspecified atom stereocenters. The molecule has 23 heavy (non-hydrogen) atoms. The van der Waals surface area contributed by atoms with Crippen molar-refractivity contribution in [1.29, 1.82) is 0 Å². The van der Waals surface area contributed by atoms with Crippen LogP contribution in [-0.2, 0) is 9.53 Å². The number of hydrogen-bond acceptors (Lipinski definition) is 5. The smallest absolute Gasteiger partial charge is 0.260 e. The summed E-state index contributed by atoms with van der Waals surface area (Å²) in [5, 5.41) is 9.84. The van der Waals surface area contributed by atoms with Crippen LogP contribution in [0.25, 0.3) is 0 Å². The Kier molecular flexibility index (Phi) is 6.12. The molecule has 0 aliphatic carbocycles. The average molecular weight is 321 g/mol. The van der Waals surface area contributed by atoms with Crippen molar-refractivity contribution in [2.45, 2.75) is 32.4 Å². The standard InChI is InChI=1S/C17H23NO5/c1-3-15(19)12-5-7-13(8-6-12)23-11-17(21)18(4-2)14-9-22-10-16(14)20/h5-8,14,16,20H,3-4,9-11H2,1-2H3. The van der Waals surface area contributed by atoms with Crippen LogP contribution in [0.4, 0.5) is 0 Å². The Morgan fingerprint density at radius 1 is 1.26 bits per heavy atom. The topological polar surface area (TPSA) is 76.1 Å². The van der Waals surface area contributed by atoms with Gasteiger partial charge in [-0.1, -0.05) is 6.92 Å². The van der Waals surface area contributed by atoms with E-state index in [4.69, 9.17) is 9.47 Å². The summed E-state index contributed by atoms with van der Waals surface area (Å²) in [4.78, 5) is 25.4. The molecule has 1 aliphatic heterocycles. The number of likely N-dealkylation sites (N-methyl/N-ethyl adjacent to an activating group) is 1. The maximum Gasteiger partial charge on any atom is 0.260 e. The lowest BCUT2D eigenvalue weighted by atomic mass is 10.1. The zero-order valence-electron chi connectivity index (χ0n) is 13.5. The Hall–Kier alpha value is -1.92. The molecule has 1 saturated heterocycles. The summed E-state index contributed by atoms with van der Waals surface area (Å²) in [6.45, 7) is 4.63. The van der Waals surface area contributed by atoms with E-state index in [2.05, 4.69) is 0 Å². The van der Waals surface area contributed by atoms with Gasteiger partial charge in [-0.05, 0) is 31.2 Å². The normalized spacial score (nSPS) is 20.3. The highest BCUT2D eigenvalue weighted by molar-refractivity contribution is 5.95. The van der Waals surface area contributed by atoms with Gasteiger partial charge in [-0.2, -0.15) is 0 Å². The molecule has 0 spiro atoms. The summed E-state index contributed by atoms with van der Waals surface area (Å²) in [6.07, 6.45) is -0.200. The fourth-order valence-electron chi connectivity index (χ4n) is 2.59. The lowest BCUT2D eigenvalue weighted by Crippen LogP contribution is -2.48. The molecular formula is C17H23NO5. The van der Waals surface area contributed by atoms with Crippen LogP contribution >= 0.6 is 0 Å². The Bertz CT molecular complexity index is 542. The minimum absolute atomic E-state index is 0.0694. The molecule has 0 radical (unpaired) electrons. The first-order chi connectivity index (χ1) is 11.1. The quantitative estimate of drug-likeness (QED) is 0.765. The number of amides is 1. The van der Waals surface area contributed by atoms with Gasteiger partial charge in [0.05, 0.1) is 25.4 Å². The lowest BCUT2D eigenvalue weighted by molar-refractivity contribution is -0.137. The van der Waals surface area contributed by atoms with Crippen LogP contribution < -0.4 is 4.74 Å². The molecular weight excluding hydrogens is 298 g/mol. The molecule has 6 heteroatoms. The molecule has 2 rings (SSSR count). The number of ether oxygens (including phenoxy) is 2. The van der Waals surface area contributed by atoms with Gasteiger partial charge < -0.3 is 19.5 Å². The number of hydrogen-bond donors (Lipinski definition) is 1. The number of carbonyl (C=O) groups excluding carboxylic acids is 2. The summed E-state index contributed by atoms with van der Waals surface area (Å²) in [7, 11) is 0. The van der Waals surface area contributed by atoms with Gasteiger partial charge in [-0.15, -0.1) is 0 Å². The third-order valence-corrected chi connectivity index (χ3v) is 3.94. The highest BCUT2D eigenvalue weighted by Crippen LogP contribution is 2.16. The van der Waals surface area contributed by atoms with Crippen molar-refractivity contribution in [3.05, 3.63) is 29.8 Å². The Morgan fingerprint density at radius 3 is 2.48 bits per heavy atom. The number of nitrogens with zero attached hydrogens (tertiary/aromatic N) is 1. The van der Waals surface area contributed by atoms with Crippen LogP contribution in [0.3, 0.4) is 0 Å². The van der Waals surface area contributed by atoms with Gasteiger partial charge in [-0.25, -0.2) is 0 Å². The molecule has 2 atom stereocenters. The predicted octanol–water partition coefficient (Wildman–Crippen LogP) is 1.27. The predicted molar refractivity (Wildman–Crippen MR) is 84.6 cm³/mol. The first kappa shape index (κ1) is 17.4. The summed E-state index contributed by atoms with van der Waals surface area (Å²) >= 11 is 0. The largest absolute Gasteiger partial charge is 0.484 e. The van der Waals surface area contributed by atoms with Gasteiger partial charge in [-0.3, -0.25) is 9.59 Å². The zero-order valence-corrected chi connectivity index (χ0v) is 13.5. The van der Waals surface area contributed by atoms with E-state index in [1.54, 1.807) is 29.2 Å². The van der Waals surface area contributed by atoms with Crippen molar-refractivity contribution >= 4 is 11.7 Å². The molecule has 1 aliphatic rings. The highest BCUT2D eigenvalue weighted by Gasteiger charge is 2.33. The van der Waals surface area contributed by atoms with Crippen LogP contribution in [0, 0.1) is 0 Å². The first-order valence-corrected chi connectivity index (χ1v) is 7.88. The first-order valence-electron chi connectivity index (χ1n) is 7.88. The SMILES string of the molecule is CCC(=O)c1ccc(OCC(=O)N(CC)C2COCC2O)cc1. The second kappa shape index (κ2) is 8.08. The summed E-state index contributed by atoms with van der Waals surface area (Å²) in [5.74, 6) is 0.404. The van der Waals surface area contributed by atoms with Crippen LogP contribution in [0.5, 0.6) is 5.75 Å². The Morgan fingerprint density at radius 2 is 1.96 bits per heavy atom. The molecule has 1 amide bonds. The minimum Gasteiger partial charge on any atom is -0.484 e. The molecule has 0 aromatic heterocycles. The Balaban J connectivity index is 1.91. The van der Waals surface area contributed by atoms with E-state index in [1.165, 1.54) is 0 Å². The van der Waals surface area contributed by atoms with Gasteiger partial charge in [0.15, 0.2) is 12.4 Å². The molecule has 1 heterocycles. The lowest BCUT2D eigenvalue weighted by Gasteiger charge is -2.28. The van der Waals surface area contributed by atoms with Gasteiger partial charge in [0.1, 0.15) is 5.75 Å². The number of aliphatic hydroxyl groups is 1. The molecule has 1 N–H and O–H groups in total. The van der Waals surface area contributed by atoms with Crippen LogP contribution in [-0.4, -0.2) is 60.2 Å². The second-order valence-electron chi connectivity index (χ2n) is 5.44. The summed E-state index contributed by atoms with van der Waals surface area (Å²) in [5.41, 5.74) is 0.632. The van der Waals surface area contributed by atoms with Crippen molar-refractivity contribution in [3.8, 4) is 5.75 Å². The molecule has 1 fully saturated rings. The molecule has 6 nitrogen and oxygen atoms in total. The van der Waals surface area contributed by atoms with Crippen LogP contribution in [0.1, 0.15) is 30.6 Å². The number of rotatable bonds is 7. The van der Waals surface area contributed by atoms with Crippen molar-refractivity contribution < 1.29 is 24.2 Å². The van der Waals surface area contributed by atoms with E-state index in [9.17, 15) is 14.7 Å². The van der Waals surface area contributed by atoms with Crippen molar-refractivity contribution in [2.24, 2.45) is 0 Å². The van der Waals surface area contributed by atoms with Crippen molar-refractivity contribution in [1.82, 2.24) is 4.90 Å². The number of carbonyl (C=O) groups is 2. The molecule has 0 bridgehead atoms. The average Bonchev–Trinajstić information content (AvgIpc) is 2.99. The monoisotopic (exact) mass is 321 g/mol. The maximum absolute atomic E-state index is 12.3. The Labute approximate surface area is 136 Å². The van der Waals surface area contributed by atoms with E-state index in [1.807, 2.05) is 13.8 Å². The van der Waals surface area contributed by atoms with Gasteiger partial charge >= 0.3 is 0 Å². The molecule has 0 saturated carbocycles. The molecule has 126 valence electrons. The van der Waals surface area contributed by atoms with E-state index in [0.29, 0.717) is 30.9 Å². The fraction of sp³-hybridized carbons (Fsp3) is 0.529. The van der Waals surface area contributed by atoms with Crippen molar-refractivity contribution in [2.75, 3.05) is 26.4 Å². The molecule has 1 aromatic rings. The van der Waals surface area contributed by atoms with Crippen molar-refractivity contribution in [3.63, 3.8) is 0 Å². The summed E-state index contributed by atoms with van der Waals surface area (Å²) in [6, 6.07) is 6.43. The summed E-state index contributed by atoms with van der Waals surface area (Å²) < 4.78 is 10.7. The number of Topliss-reactive ketones (excluding diaryl/α,β-unsaturated/α-hetero) is 1. The third-order valence-electron chi connectivity index (χ3n) is 3.94. The number of benzene rings is 1. The number of aliphatic hydroxyl groups excluding tert-OH is 1. The van der Waals surface area contributed by atoms with Crippen LogP contribution in [0.2, 0.25) is 0 Å². The van der Waals surface area contributed by atoms with E-state index >= 15 is 0 Å². The van der Waals surface area contributed by atoms with Gasteiger partial charge in [0, 0.05) is 18.5 Å². The van der Waals surface area contributed by atoms with Crippen LogP contribution in [0.15, 0.2) is 24.3 Å². The minimum atomic E-state index is -0.654. The number of ketones is 1. The highest BCUT2D eigenvalue weighted by atomic mass is 16.5. The molecule has 1 aromatic carbocycles.